The summed E-state index contributed by atoms with van der Waals surface area (Å²) in [4.78, 5) is 20.6. The third-order valence-electron chi connectivity index (χ3n) is 3.44. The normalized spacial score (nSPS) is 14.2. The Balaban J connectivity index is 2.24. The summed E-state index contributed by atoms with van der Waals surface area (Å²) in [5.74, 6) is 0.661. The number of nitrogens with zero attached hydrogens (tertiary/aromatic N) is 1. The second-order valence-electron chi connectivity index (χ2n) is 5.02. The Morgan fingerprint density at radius 2 is 2.20 bits per heavy atom. The molecule has 0 bridgehead atoms. The second kappa shape index (κ2) is 6.33. The number of rotatable bonds is 5. The summed E-state index contributed by atoms with van der Waals surface area (Å²) in [6, 6.07) is 4.42. The summed E-state index contributed by atoms with van der Waals surface area (Å²) in [5.41, 5.74) is 1.48. The average Bonchev–Trinajstić information content (AvgIpc) is 2.88. The predicted molar refractivity (Wildman–Crippen MR) is 83.2 cm³/mol. The lowest BCUT2D eigenvalue weighted by molar-refractivity contribution is 0.456. The Labute approximate surface area is 123 Å². The fraction of sp³-hybridized carbons (Fsp3) is 0.467. The monoisotopic (exact) mass is 291 g/mol. The van der Waals surface area contributed by atoms with Crippen LogP contribution in [0.3, 0.4) is 0 Å². The van der Waals surface area contributed by atoms with Gasteiger partial charge in [0.25, 0.3) is 5.56 Å². The molecule has 0 amide bonds. The van der Waals surface area contributed by atoms with Crippen molar-refractivity contribution in [1.29, 1.82) is 0 Å². The van der Waals surface area contributed by atoms with Crippen molar-refractivity contribution in [3.05, 3.63) is 49.8 Å². The SMILES string of the molecule is CCC(NC(C)c1c(C)nc(C)[nH]c1=O)c1cccs1. The minimum atomic E-state index is -0.0453. The smallest absolute Gasteiger partial charge is 0.255 e. The molecule has 108 valence electrons. The van der Waals surface area contributed by atoms with Gasteiger partial charge < -0.3 is 10.3 Å². The molecule has 0 radical (unpaired) electrons. The number of hydrogen-bond acceptors (Lipinski definition) is 4. The van der Waals surface area contributed by atoms with Crippen molar-refractivity contribution in [1.82, 2.24) is 15.3 Å². The van der Waals surface area contributed by atoms with E-state index in [0.29, 0.717) is 5.82 Å². The van der Waals surface area contributed by atoms with Crippen LogP contribution in [0.5, 0.6) is 0 Å². The van der Waals surface area contributed by atoms with Crippen LogP contribution in [0, 0.1) is 13.8 Å². The van der Waals surface area contributed by atoms with E-state index >= 15 is 0 Å². The first-order valence-electron chi connectivity index (χ1n) is 6.89. The Kier molecular flexibility index (Phi) is 4.73. The highest BCUT2D eigenvalue weighted by atomic mass is 32.1. The Morgan fingerprint density at radius 3 is 2.75 bits per heavy atom. The first-order valence-corrected chi connectivity index (χ1v) is 7.77. The van der Waals surface area contributed by atoms with E-state index in [1.807, 2.05) is 13.8 Å². The molecule has 0 aromatic carbocycles. The zero-order chi connectivity index (χ0) is 14.7. The van der Waals surface area contributed by atoms with Gasteiger partial charge in [0.1, 0.15) is 5.82 Å². The lowest BCUT2D eigenvalue weighted by atomic mass is 10.1. The van der Waals surface area contributed by atoms with Gasteiger partial charge in [-0.15, -0.1) is 11.3 Å². The van der Waals surface area contributed by atoms with Crippen molar-refractivity contribution in [2.24, 2.45) is 0 Å². The van der Waals surface area contributed by atoms with E-state index in [9.17, 15) is 4.79 Å². The van der Waals surface area contributed by atoms with Gasteiger partial charge in [-0.05, 0) is 38.6 Å². The van der Waals surface area contributed by atoms with Crippen LogP contribution in [0.4, 0.5) is 0 Å². The molecule has 0 aliphatic rings. The fourth-order valence-corrected chi connectivity index (χ4v) is 3.39. The second-order valence-corrected chi connectivity index (χ2v) is 5.99. The van der Waals surface area contributed by atoms with Crippen LogP contribution in [0.1, 0.15) is 54.3 Å². The van der Waals surface area contributed by atoms with Crippen LogP contribution in [0.25, 0.3) is 0 Å². The molecule has 0 aliphatic heterocycles. The predicted octanol–water partition coefficient (Wildman–Crippen LogP) is 3.25. The van der Waals surface area contributed by atoms with Crippen LogP contribution >= 0.6 is 11.3 Å². The van der Waals surface area contributed by atoms with Crippen molar-refractivity contribution >= 4 is 11.3 Å². The van der Waals surface area contributed by atoms with Crippen molar-refractivity contribution in [3.8, 4) is 0 Å². The van der Waals surface area contributed by atoms with Gasteiger partial charge in [0.05, 0.1) is 5.56 Å². The van der Waals surface area contributed by atoms with Gasteiger partial charge in [-0.1, -0.05) is 13.0 Å². The maximum atomic E-state index is 12.1. The van der Waals surface area contributed by atoms with E-state index in [1.54, 1.807) is 18.3 Å². The molecule has 2 unspecified atom stereocenters. The molecular weight excluding hydrogens is 270 g/mol. The molecule has 2 aromatic heterocycles. The highest BCUT2D eigenvalue weighted by Gasteiger charge is 2.19. The van der Waals surface area contributed by atoms with Crippen molar-refractivity contribution in [2.45, 2.75) is 46.2 Å². The average molecular weight is 291 g/mol. The minimum Gasteiger partial charge on any atom is -0.310 e. The van der Waals surface area contributed by atoms with Gasteiger partial charge in [0.15, 0.2) is 0 Å². The molecule has 2 heterocycles. The van der Waals surface area contributed by atoms with Crippen molar-refractivity contribution in [2.75, 3.05) is 0 Å². The summed E-state index contributed by atoms with van der Waals surface area (Å²) < 4.78 is 0. The molecule has 2 N–H and O–H groups in total. The molecule has 0 saturated carbocycles. The molecule has 2 aromatic rings. The van der Waals surface area contributed by atoms with E-state index in [2.05, 4.69) is 39.7 Å². The fourth-order valence-electron chi connectivity index (χ4n) is 2.52. The van der Waals surface area contributed by atoms with Crippen LogP contribution in [0.15, 0.2) is 22.3 Å². The van der Waals surface area contributed by atoms with Gasteiger partial charge in [0.2, 0.25) is 0 Å². The molecular formula is C15H21N3OS. The Bertz CT molecular complexity index is 619. The molecule has 4 nitrogen and oxygen atoms in total. The summed E-state index contributed by atoms with van der Waals surface area (Å²) in [5, 5.41) is 5.62. The molecule has 20 heavy (non-hydrogen) atoms. The zero-order valence-corrected chi connectivity index (χ0v) is 13.2. The zero-order valence-electron chi connectivity index (χ0n) is 12.4. The number of aryl methyl sites for hydroxylation is 2. The van der Waals surface area contributed by atoms with E-state index in [-0.39, 0.29) is 17.6 Å². The maximum absolute atomic E-state index is 12.1. The number of aromatic nitrogens is 2. The van der Waals surface area contributed by atoms with Crippen molar-refractivity contribution in [3.63, 3.8) is 0 Å². The lowest BCUT2D eigenvalue weighted by Crippen LogP contribution is -2.30. The number of H-pyrrole nitrogens is 1. The summed E-state index contributed by atoms with van der Waals surface area (Å²) in [7, 11) is 0. The standard InChI is InChI=1S/C15H21N3OS/c1-5-12(13-7-6-8-20-13)17-10(3)14-9(2)16-11(4)18-15(14)19/h6-8,10,12,17H,5H2,1-4H3,(H,16,18,19). The molecule has 0 aliphatic carbocycles. The van der Waals surface area contributed by atoms with E-state index in [1.165, 1.54) is 4.88 Å². The molecule has 2 atom stereocenters. The number of aromatic amines is 1. The van der Waals surface area contributed by atoms with Gasteiger partial charge in [-0.2, -0.15) is 0 Å². The number of nitrogens with one attached hydrogen (secondary N) is 2. The van der Waals surface area contributed by atoms with E-state index in [4.69, 9.17) is 0 Å². The van der Waals surface area contributed by atoms with Gasteiger partial charge in [0, 0.05) is 22.7 Å². The summed E-state index contributed by atoms with van der Waals surface area (Å²) >= 11 is 1.74. The van der Waals surface area contributed by atoms with E-state index < -0.39 is 0 Å². The molecule has 0 spiro atoms. The van der Waals surface area contributed by atoms with Crippen LogP contribution in [-0.4, -0.2) is 9.97 Å². The molecule has 5 heteroatoms. The lowest BCUT2D eigenvalue weighted by Gasteiger charge is -2.22. The highest BCUT2D eigenvalue weighted by molar-refractivity contribution is 7.10. The van der Waals surface area contributed by atoms with Gasteiger partial charge in [-0.25, -0.2) is 4.98 Å². The highest BCUT2D eigenvalue weighted by Crippen LogP contribution is 2.25. The summed E-state index contributed by atoms with van der Waals surface area (Å²) in [6.07, 6.45) is 0.987. The van der Waals surface area contributed by atoms with E-state index in [0.717, 1.165) is 17.7 Å². The first kappa shape index (κ1) is 14.9. The third-order valence-corrected chi connectivity index (χ3v) is 4.43. The first-order chi connectivity index (χ1) is 9.52. The van der Waals surface area contributed by atoms with Crippen molar-refractivity contribution < 1.29 is 0 Å². The summed E-state index contributed by atoms with van der Waals surface area (Å²) in [6.45, 7) is 7.86. The topological polar surface area (TPSA) is 57.8 Å². The molecule has 0 saturated heterocycles. The Hall–Kier alpha value is -1.46. The number of thiophene rings is 1. The minimum absolute atomic E-state index is 0.0288. The van der Waals surface area contributed by atoms with Crippen LogP contribution in [-0.2, 0) is 0 Å². The van der Waals surface area contributed by atoms with Gasteiger partial charge in [-0.3, -0.25) is 4.79 Å². The quantitative estimate of drug-likeness (QED) is 0.889. The van der Waals surface area contributed by atoms with Gasteiger partial charge >= 0.3 is 0 Å². The number of hydrogen-bond donors (Lipinski definition) is 2. The molecule has 2 rings (SSSR count). The largest absolute Gasteiger partial charge is 0.310 e. The third kappa shape index (κ3) is 3.16. The maximum Gasteiger partial charge on any atom is 0.255 e. The van der Waals surface area contributed by atoms with Crippen LogP contribution < -0.4 is 10.9 Å². The van der Waals surface area contributed by atoms with Crippen LogP contribution in [0.2, 0.25) is 0 Å². The Morgan fingerprint density at radius 1 is 1.45 bits per heavy atom. The molecule has 0 fully saturated rings.